The van der Waals surface area contributed by atoms with E-state index >= 15 is 0 Å². The first-order valence-corrected chi connectivity index (χ1v) is 7.83. The van der Waals surface area contributed by atoms with Crippen LogP contribution < -0.4 is 10.2 Å². The molecule has 0 bridgehead atoms. The predicted octanol–water partition coefficient (Wildman–Crippen LogP) is 3.05. The molecule has 5 heteroatoms. The van der Waals surface area contributed by atoms with Crippen molar-refractivity contribution in [1.29, 1.82) is 0 Å². The highest BCUT2D eigenvalue weighted by Crippen LogP contribution is 2.23. The van der Waals surface area contributed by atoms with Gasteiger partial charge in [-0.1, -0.05) is 18.2 Å². The highest BCUT2D eigenvalue weighted by Gasteiger charge is 2.09. The summed E-state index contributed by atoms with van der Waals surface area (Å²) in [4.78, 5) is 11.3. The molecule has 0 radical (unpaired) electrons. The molecule has 2 heterocycles. The lowest BCUT2D eigenvalue weighted by molar-refractivity contribution is 0.818. The summed E-state index contributed by atoms with van der Waals surface area (Å²) in [5.41, 5.74) is 5.24. The number of anilines is 1. The normalized spacial score (nSPS) is 11.0. The molecule has 1 aromatic carbocycles. The number of pyridine rings is 1. The average molecular weight is 298 g/mol. The highest BCUT2D eigenvalue weighted by molar-refractivity contribution is 7.07. The van der Waals surface area contributed by atoms with E-state index in [2.05, 4.69) is 51.9 Å². The van der Waals surface area contributed by atoms with Gasteiger partial charge in [-0.3, -0.25) is 0 Å². The van der Waals surface area contributed by atoms with Crippen LogP contribution in [0, 0.1) is 0 Å². The molecule has 2 aromatic heterocycles. The standard InChI is InChI=1S/C16H18N4S/c1-17-8-12-7-16(19-15-6-4-3-5-14(12)15)20(2)9-13-10-21-11-18-13/h3-7,10-11,17H,8-9H2,1-2H3. The summed E-state index contributed by atoms with van der Waals surface area (Å²) >= 11 is 1.62. The maximum Gasteiger partial charge on any atom is 0.129 e. The zero-order valence-corrected chi connectivity index (χ0v) is 13.0. The smallest absolute Gasteiger partial charge is 0.129 e. The third-order valence-corrected chi connectivity index (χ3v) is 4.06. The van der Waals surface area contributed by atoms with Crippen molar-refractivity contribution >= 4 is 28.1 Å². The molecule has 0 aliphatic rings. The largest absolute Gasteiger partial charge is 0.354 e. The van der Waals surface area contributed by atoms with E-state index in [0.717, 1.165) is 30.1 Å². The molecular weight excluding hydrogens is 280 g/mol. The zero-order valence-electron chi connectivity index (χ0n) is 12.2. The van der Waals surface area contributed by atoms with E-state index in [1.165, 1.54) is 10.9 Å². The Kier molecular flexibility index (Phi) is 4.13. The molecule has 4 nitrogen and oxygen atoms in total. The zero-order chi connectivity index (χ0) is 14.7. The van der Waals surface area contributed by atoms with Gasteiger partial charge >= 0.3 is 0 Å². The minimum Gasteiger partial charge on any atom is -0.354 e. The third kappa shape index (κ3) is 3.04. The number of para-hydroxylation sites is 1. The highest BCUT2D eigenvalue weighted by atomic mass is 32.1. The third-order valence-electron chi connectivity index (χ3n) is 3.43. The SMILES string of the molecule is CNCc1cc(N(C)Cc2cscn2)nc2ccccc12. The van der Waals surface area contributed by atoms with Crippen molar-refractivity contribution < 1.29 is 0 Å². The fourth-order valence-corrected chi connectivity index (χ4v) is 2.95. The van der Waals surface area contributed by atoms with Crippen LogP contribution in [-0.2, 0) is 13.1 Å². The average Bonchev–Trinajstić information content (AvgIpc) is 3.00. The fraction of sp³-hybridized carbons (Fsp3) is 0.250. The van der Waals surface area contributed by atoms with Gasteiger partial charge in [0.15, 0.2) is 0 Å². The van der Waals surface area contributed by atoms with Crippen molar-refractivity contribution in [2.75, 3.05) is 19.0 Å². The van der Waals surface area contributed by atoms with Crippen LogP contribution in [0.25, 0.3) is 10.9 Å². The first kappa shape index (κ1) is 14.0. The van der Waals surface area contributed by atoms with Crippen molar-refractivity contribution in [2.24, 2.45) is 0 Å². The van der Waals surface area contributed by atoms with Crippen LogP contribution in [0.4, 0.5) is 5.82 Å². The van der Waals surface area contributed by atoms with Crippen molar-refractivity contribution in [3.63, 3.8) is 0 Å². The number of rotatable bonds is 5. The molecule has 3 aromatic rings. The predicted molar refractivity (Wildman–Crippen MR) is 88.7 cm³/mol. The number of nitrogens with one attached hydrogen (secondary N) is 1. The van der Waals surface area contributed by atoms with Gasteiger partial charge in [0.05, 0.1) is 23.3 Å². The molecule has 0 amide bonds. The number of hydrogen-bond donors (Lipinski definition) is 1. The topological polar surface area (TPSA) is 41.0 Å². The van der Waals surface area contributed by atoms with Gasteiger partial charge in [0.25, 0.3) is 0 Å². The summed E-state index contributed by atoms with van der Waals surface area (Å²) in [6.07, 6.45) is 0. The van der Waals surface area contributed by atoms with Crippen molar-refractivity contribution in [1.82, 2.24) is 15.3 Å². The van der Waals surface area contributed by atoms with Gasteiger partial charge < -0.3 is 10.2 Å². The van der Waals surface area contributed by atoms with E-state index in [4.69, 9.17) is 4.98 Å². The van der Waals surface area contributed by atoms with Crippen LogP contribution >= 0.6 is 11.3 Å². The summed E-state index contributed by atoms with van der Waals surface area (Å²) in [5, 5.41) is 6.51. The molecule has 0 saturated heterocycles. The number of thiazole rings is 1. The number of benzene rings is 1. The van der Waals surface area contributed by atoms with Gasteiger partial charge in [0.1, 0.15) is 5.82 Å². The van der Waals surface area contributed by atoms with Gasteiger partial charge in [-0.05, 0) is 24.7 Å². The van der Waals surface area contributed by atoms with Crippen molar-refractivity contribution in [3.05, 3.63) is 52.5 Å². The van der Waals surface area contributed by atoms with Crippen molar-refractivity contribution in [2.45, 2.75) is 13.1 Å². The van der Waals surface area contributed by atoms with E-state index in [0.29, 0.717) is 0 Å². The van der Waals surface area contributed by atoms with Gasteiger partial charge in [-0.2, -0.15) is 0 Å². The van der Waals surface area contributed by atoms with E-state index in [1.54, 1.807) is 11.3 Å². The minimum absolute atomic E-state index is 0.772. The number of nitrogens with zero attached hydrogens (tertiary/aromatic N) is 3. The molecule has 0 fully saturated rings. The fourth-order valence-electron chi connectivity index (χ4n) is 2.40. The summed E-state index contributed by atoms with van der Waals surface area (Å²) in [6, 6.07) is 10.4. The van der Waals surface area contributed by atoms with Gasteiger partial charge in [0, 0.05) is 24.4 Å². The minimum atomic E-state index is 0.772. The van der Waals surface area contributed by atoms with E-state index < -0.39 is 0 Å². The second-order valence-corrected chi connectivity index (χ2v) is 5.74. The molecular formula is C16H18N4S. The molecule has 21 heavy (non-hydrogen) atoms. The number of aromatic nitrogens is 2. The number of hydrogen-bond acceptors (Lipinski definition) is 5. The van der Waals surface area contributed by atoms with E-state index in [-0.39, 0.29) is 0 Å². The van der Waals surface area contributed by atoms with Gasteiger partial charge in [-0.15, -0.1) is 11.3 Å². The van der Waals surface area contributed by atoms with Crippen molar-refractivity contribution in [3.8, 4) is 0 Å². The van der Waals surface area contributed by atoms with Crippen LogP contribution in [0.15, 0.2) is 41.2 Å². The molecule has 0 unspecified atom stereocenters. The van der Waals surface area contributed by atoms with Crippen LogP contribution in [0.1, 0.15) is 11.3 Å². The van der Waals surface area contributed by atoms with Crippen LogP contribution in [0.3, 0.4) is 0 Å². The Bertz CT molecular complexity index is 724. The molecule has 1 N–H and O–H groups in total. The Balaban J connectivity index is 1.98. The molecule has 108 valence electrons. The molecule has 0 aliphatic heterocycles. The maximum absolute atomic E-state index is 4.77. The summed E-state index contributed by atoms with van der Waals surface area (Å²) in [6.45, 7) is 1.61. The van der Waals surface area contributed by atoms with Crippen LogP contribution in [-0.4, -0.2) is 24.1 Å². The molecule has 0 spiro atoms. The lowest BCUT2D eigenvalue weighted by Crippen LogP contribution is -2.18. The lowest BCUT2D eigenvalue weighted by atomic mass is 10.1. The second-order valence-electron chi connectivity index (χ2n) is 5.02. The summed E-state index contributed by atoms with van der Waals surface area (Å²) < 4.78 is 0. The van der Waals surface area contributed by atoms with Gasteiger partial charge in [0.2, 0.25) is 0 Å². The first-order chi connectivity index (χ1) is 10.3. The molecule has 0 aliphatic carbocycles. The monoisotopic (exact) mass is 298 g/mol. The lowest BCUT2D eigenvalue weighted by Gasteiger charge is -2.19. The Labute approximate surface area is 128 Å². The molecule has 0 saturated carbocycles. The van der Waals surface area contributed by atoms with E-state index in [1.807, 2.05) is 18.6 Å². The van der Waals surface area contributed by atoms with Crippen LogP contribution in [0.2, 0.25) is 0 Å². The Morgan fingerprint density at radius 3 is 2.90 bits per heavy atom. The van der Waals surface area contributed by atoms with Crippen LogP contribution in [0.5, 0.6) is 0 Å². The van der Waals surface area contributed by atoms with E-state index in [9.17, 15) is 0 Å². The summed E-state index contributed by atoms with van der Waals surface area (Å²) in [5.74, 6) is 0.979. The molecule has 3 rings (SSSR count). The molecule has 0 atom stereocenters. The maximum atomic E-state index is 4.77. The Morgan fingerprint density at radius 2 is 2.14 bits per heavy atom. The quantitative estimate of drug-likeness (QED) is 0.786. The first-order valence-electron chi connectivity index (χ1n) is 6.89. The number of fused-ring (bicyclic) bond motifs is 1. The van der Waals surface area contributed by atoms with Gasteiger partial charge in [-0.25, -0.2) is 9.97 Å². The second kappa shape index (κ2) is 6.20. The summed E-state index contributed by atoms with van der Waals surface area (Å²) in [7, 11) is 4.02. The Morgan fingerprint density at radius 1 is 1.29 bits per heavy atom. The Hall–Kier alpha value is -1.98.